The van der Waals surface area contributed by atoms with Gasteiger partial charge in [0.25, 0.3) is 0 Å². The summed E-state index contributed by atoms with van der Waals surface area (Å²) in [4.78, 5) is 0. The summed E-state index contributed by atoms with van der Waals surface area (Å²) < 4.78 is 5.51. The van der Waals surface area contributed by atoms with Crippen LogP contribution in [0, 0.1) is 0 Å². The number of aryl methyl sites for hydroxylation is 1. The smallest absolute Gasteiger partial charge is 0.0466 e. The predicted octanol–water partition coefficient (Wildman–Crippen LogP) is 4.48. The summed E-state index contributed by atoms with van der Waals surface area (Å²) >= 11 is 5.82. The van der Waals surface area contributed by atoms with Gasteiger partial charge in [-0.3, -0.25) is 0 Å². The van der Waals surface area contributed by atoms with Crippen LogP contribution in [0.4, 0.5) is 0 Å². The van der Waals surface area contributed by atoms with Crippen molar-refractivity contribution in [2.45, 2.75) is 39.0 Å². The molecule has 1 rings (SSSR count). The number of hydrogen-bond acceptors (Lipinski definition) is 1. The topological polar surface area (TPSA) is 9.23 Å². The Morgan fingerprint density at radius 3 is 2.38 bits per heavy atom. The van der Waals surface area contributed by atoms with E-state index < -0.39 is 0 Å². The Bertz CT molecular complexity index is 269. The van der Waals surface area contributed by atoms with Crippen LogP contribution in [0.1, 0.15) is 38.2 Å². The minimum atomic E-state index is 0.812. The van der Waals surface area contributed by atoms with Crippen LogP contribution in [-0.2, 0) is 11.2 Å². The summed E-state index contributed by atoms with van der Waals surface area (Å²) in [6, 6.07) is 8.10. The monoisotopic (exact) mass is 240 g/mol. The summed E-state index contributed by atoms with van der Waals surface area (Å²) in [5, 5.41) is 0.812. The molecule has 1 nitrogen and oxygen atoms in total. The van der Waals surface area contributed by atoms with E-state index in [2.05, 4.69) is 19.1 Å². The number of hydrogen-bond donors (Lipinski definition) is 0. The van der Waals surface area contributed by atoms with E-state index in [4.69, 9.17) is 16.3 Å². The molecule has 90 valence electrons. The van der Waals surface area contributed by atoms with E-state index in [-0.39, 0.29) is 0 Å². The van der Waals surface area contributed by atoms with E-state index in [0.29, 0.717) is 0 Å². The minimum absolute atomic E-state index is 0.812. The first-order valence-electron chi connectivity index (χ1n) is 6.15. The van der Waals surface area contributed by atoms with E-state index >= 15 is 0 Å². The number of benzene rings is 1. The van der Waals surface area contributed by atoms with E-state index in [0.717, 1.165) is 31.1 Å². The second-order valence-corrected chi connectivity index (χ2v) is 4.49. The van der Waals surface area contributed by atoms with Crippen molar-refractivity contribution in [3.05, 3.63) is 34.9 Å². The van der Waals surface area contributed by atoms with E-state index in [1.54, 1.807) is 0 Å². The summed E-state index contributed by atoms with van der Waals surface area (Å²) in [7, 11) is 0. The molecule has 1 aromatic rings. The SMILES string of the molecule is CCCCOCCCCc1ccc(Cl)cc1. The van der Waals surface area contributed by atoms with Crippen LogP contribution in [0.15, 0.2) is 24.3 Å². The predicted molar refractivity (Wildman–Crippen MR) is 70.1 cm³/mol. The van der Waals surface area contributed by atoms with Gasteiger partial charge in [0.1, 0.15) is 0 Å². The van der Waals surface area contributed by atoms with Crippen molar-refractivity contribution in [1.82, 2.24) is 0 Å². The Balaban J connectivity index is 2.01. The third-order valence-corrected chi connectivity index (χ3v) is 2.81. The van der Waals surface area contributed by atoms with Gasteiger partial charge in [-0.2, -0.15) is 0 Å². The van der Waals surface area contributed by atoms with E-state index in [1.165, 1.54) is 24.8 Å². The number of rotatable bonds is 8. The molecule has 0 N–H and O–H groups in total. The molecule has 0 heterocycles. The minimum Gasteiger partial charge on any atom is -0.381 e. The van der Waals surface area contributed by atoms with Gasteiger partial charge in [0.15, 0.2) is 0 Å². The van der Waals surface area contributed by atoms with Crippen LogP contribution in [0.2, 0.25) is 5.02 Å². The molecule has 0 saturated carbocycles. The number of halogens is 1. The van der Waals surface area contributed by atoms with Gasteiger partial charge in [-0.15, -0.1) is 0 Å². The van der Waals surface area contributed by atoms with Crippen molar-refractivity contribution in [1.29, 1.82) is 0 Å². The Hall–Kier alpha value is -0.530. The lowest BCUT2D eigenvalue weighted by Gasteiger charge is -2.03. The zero-order valence-corrected chi connectivity index (χ0v) is 10.8. The molecule has 2 heteroatoms. The highest BCUT2D eigenvalue weighted by Crippen LogP contribution is 2.11. The van der Waals surface area contributed by atoms with Gasteiger partial charge in [-0.05, 0) is 43.4 Å². The van der Waals surface area contributed by atoms with Crippen LogP contribution in [0.3, 0.4) is 0 Å². The van der Waals surface area contributed by atoms with E-state index in [9.17, 15) is 0 Å². The largest absolute Gasteiger partial charge is 0.381 e. The molecule has 0 aromatic heterocycles. The van der Waals surface area contributed by atoms with Crippen LogP contribution in [0.25, 0.3) is 0 Å². The quantitative estimate of drug-likeness (QED) is 0.609. The molecule has 0 amide bonds. The highest BCUT2D eigenvalue weighted by molar-refractivity contribution is 6.30. The number of ether oxygens (including phenoxy) is 1. The highest BCUT2D eigenvalue weighted by atomic mass is 35.5. The molecule has 1 aromatic carbocycles. The van der Waals surface area contributed by atoms with Crippen molar-refractivity contribution in [3.63, 3.8) is 0 Å². The maximum atomic E-state index is 5.82. The molecule has 0 unspecified atom stereocenters. The van der Waals surface area contributed by atoms with Gasteiger partial charge < -0.3 is 4.74 Å². The van der Waals surface area contributed by atoms with Crippen LogP contribution in [0.5, 0.6) is 0 Å². The Morgan fingerprint density at radius 1 is 1.00 bits per heavy atom. The van der Waals surface area contributed by atoms with Gasteiger partial charge in [-0.1, -0.05) is 37.1 Å². The van der Waals surface area contributed by atoms with Gasteiger partial charge in [-0.25, -0.2) is 0 Å². The first kappa shape index (κ1) is 13.5. The van der Waals surface area contributed by atoms with Crippen molar-refractivity contribution < 1.29 is 4.74 Å². The molecule has 0 spiro atoms. The van der Waals surface area contributed by atoms with Crippen LogP contribution >= 0.6 is 11.6 Å². The molecule has 0 aliphatic rings. The normalized spacial score (nSPS) is 10.6. The molecule has 0 radical (unpaired) electrons. The van der Waals surface area contributed by atoms with Crippen LogP contribution in [-0.4, -0.2) is 13.2 Å². The Morgan fingerprint density at radius 2 is 1.69 bits per heavy atom. The molecular weight excluding hydrogens is 220 g/mol. The molecule has 0 atom stereocenters. The molecule has 0 saturated heterocycles. The molecule has 0 aliphatic heterocycles. The third kappa shape index (κ3) is 6.14. The fourth-order valence-electron chi connectivity index (χ4n) is 1.53. The molecular formula is C14H21ClO. The first-order valence-corrected chi connectivity index (χ1v) is 6.53. The molecule has 0 bridgehead atoms. The molecule has 0 aliphatic carbocycles. The van der Waals surface area contributed by atoms with Crippen molar-refractivity contribution in [2.24, 2.45) is 0 Å². The summed E-state index contributed by atoms with van der Waals surface area (Å²) in [6.45, 7) is 3.99. The third-order valence-electron chi connectivity index (χ3n) is 2.56. The zero-order valence-electron chi connectivity index (χ0n) is 10.0. The molecule has 16 heavy (non-hydrogen) atoms. The maximum Gasteiger partial charge on any atom is 0.0466 e. The standard InChI is InChI=1S/C14H21ClO/c1-2-3-11-16-12-5-4-6-13-7-9-14(15)10-8-13/h7-10H,2-6,11-12H2,1H3. The average Bonchev–Trinajstić information content (AvgIpc) is 2.30. The van der Waals surface area contributed by atoms with E-state index in [1.807, 2.05) is 12.1 Å². The summed E-state index contributed by atoms with van der Waals surface area (Å²) in [5.74, 6) is 0. The van der Waals surface area contributed by atoms with Gasteiger partial charge in [0, 0.05) is 18.2 Å². The maximum absolute atomic E-state index is 5.82. The Labute approximate surface area is 104 Å². The lowest BCUT2D eigenvalue weighted by molar-refractivity contribution is 0.127. The number of unbranched alkanes of at least 4 members (excludes halogenated alkanes) is 2. The highest BCUT2D eigenvalue weighted by Gasteiger charge is 1.94. The van der Waals surface area contributed by atoms with Gasteiger partial charge >= 0.3 is 0 Å². The second kappa shape index (κ2) is 8.60. The lowest BCUT2D eigenvalue weighted by atomic mass is 10.1. The van der Waals surface area contributed by atoms with Crippen molar-refractivity contribution >= 4 is 11.6 Å². The fourth-order valence-corrected chi connectivity index (χ4v) is 1.66. The van der Waals surface area contributed by atoms with Crippen molar-refractivity contribution in [3.8, 4) is 0 Å². The Kier molecular flexibility index (Phi) is 7.28. The van der Waals surface area contributed by atoms with Crippen molar-refractivity contribution in [2.75, 3.05) is 13.2 Å². The first-order chi connectivity index (χ1) is 7.83. The van der Waals surface area contributed by atoms with Gasteiger partial charge in [0.05, 0.1) is 0 Å². The molecule has 0 fully saturated rings. The van der Waals surface area contributed by atoms with Crippen LogP contribution < -0.4 is 0 Å². The summed E-state index contributed by atoms with van der Waals surface area (Å²) in [5.41, 5.74) is 1.36. The average molecular weight is 241 g/mol. The zero-order chi connectivity index (χ0) is 11.6. The lowest BCUT2D eigenvalue weighted by Crippen LogP contribution is -1.97. The summed E-state index contributed by atoms with van der Waals surface area (Å²) in [6.07, 6.45) is 5.84. The second-order valence-electron chi connectivity index (χ2n) is 4.05. The van der Waals surface area contributed by atoms with Gasteiger partial charge in [0.2, 0.25) is 0 Å². The fraction of sp³-hybridized carbons (Fsp3) is 0.571.